The Morgan fingerprint density at radius 2 is 2.20 bits per heavy atom. The molecule has 2 aromatic rings. The average molecular weight is 273 g/mol. The summed E-state index contributed by atoms with van der Waals surface area (Å²) in [5.41, 5.74) is 7.47. The second-order valence-corrected chi connectivity index (χ2v) is 5.34. The second kappa shape index (κ2) is 5.11. The van der Waals surface area contributed by atoms with Crippen LogP contribution in [0, 0.1) is 5.92 Å². The number of tetrazole rings is 1. The lowest BCUT2D eigenvalue weighted by Crippen LogP contribution is -2.24. The van der Waals surface area contributed by atoms with Gasteiger partial charge in [-0.25, -0.2) is 4.68 Å². The average Bonchev–Trinajstić information content (AvgIpc) is 2.85. The molecule has 3 rings (SSSR count). The van der Waals surface area contributed by atoms with Crippen LogP contribution in [-0.2, 0) is 0 Å². The van der Waals surface area contributed by atoms with Gasteiger partial charge in [0, 0.05) is 5.56 Å². The molecule has 0 spiro atoms. The van der Waals surface area contributed by atoms with Gasteiger partial charge in [0.05, 0.1) is 18.8 Å². The van der Waals surface area contributed by atoms with E-state index in [0.29, 0.717) is 23.4 Å². The van der Waals surface area contributed by atoms with Crippen molar-refractivity contribution < 1.29 is 4.74 Å². The van der Waals surface area contributed by atoms with Crippen LogP contribution in [0.25, 0.3) is 11.4 Å². The Balaban J connectivity index is 1.94. The third kappa shape index (κ3) is 2.11. The fraction of sp³-hybridized carbons (Fsp3) is 0.500. The molecule has 0 saturated heterocycles. The van der Waals surface area contributed by atoms with Gasteiger partial charge in [0.15, 0.2) is 5.82 Å². The highest BCUT2D eigenvalue weighted by atomic mass is 16.5. The van der Waals surface area contributed by atoms with Crippen LogP contribution in [0.2, 0.25) is 0 Å². The Morgan fingerprint density at radius 3 is 2.80 bits per heavy atom. The smallest absolute Gasteiger partial charge is 0.182 e. The van der Waals surface area contributed by atoms with Gasteiger partial charge in [0.1, 0.15) is 5.75 Å². The van der Waals surface area contributed by atoms with Crippen LogP contribution >= 0.6 is 0 Å². The number of nitrogens with zero attached hydrogens (tertiary/aromatic N) is 4. The van der Waals surface area contributed by atoms with Gasteiger partial charge in [-0.05, 0) is 54.3 Å². The standard InChI is InChI=1S/C14H19N5O/c1-9(10-4-3-5-10)19-14(16-17-18-19)11-6-7-13(20-2)12(15)8-11/h6-10H,3-5,15H2,1-2H3. The number of rotatable bonds is 4. The zero-order valence-electron chi connectivity index (χ0n) is 11.8. The van der Waals surface area contributed by atoms with Crippen molar-refractivity contribution in [2.45, 2.75) is 32.2 Å². The molecule has 1 aromatic heterocycles. The lowest BCUT2D eigenvalue weighted by Gasteiger charge is -2.31. The molecule has 1 aliphatic rings. The first-order chi connectivity index (χ1) is 9.70. The van der Waals surface area contributed by atoms with E-state index in [9.17, 15) is 0 Å². The normalized spacial score (nSPS) is 16.7. The first-order valence-corrected chi connectivity index (χ1v) is 6.92. The second-order valence-electron chi connectivity index (χ2n) is 5.34. The Bertz CT molecular complexity index is 605. The first-order valence-electron chi connectivity index (χ1n) is 6.92. The molecule has 0 radical (unpaired) electrons. The Kier molecular flexibility index (Phi) is 3.30. The van der Waals surface area contributed by atoms with Crippen LogP contribution < -0.4 is 10.5 Å². The Labute approximate surface area is 117 Å². The van der Waals surface area contributed by atoms with Crippen LogP contribution in [0.1, 0.15) is 32.2 Å². The van der Waals surface area contributed by atoms with Crippen molar-refractivity contribution in [3.63, 3.8) is 0 Å². The predicted octanol–water partition coefficient (Wildman–Crippen LogP) is 2.29. The van der Waals surface area contributed by atoms with Gasteiger partial charge in [-0.15, -0.1) is 5.10 Å². The van der Waals surface area contributed by atoms with Gasteiger partial charge in [0.2, 0.25) is 0 Å². The zero-order valence-corrected chi connectivity index (χ0v) is 11.8. The predicted molar refractivity (Wildman–Crippen MR) is 76.3 cm³/mol. The highest BCUT2D eigenvalue weighted by Crippen LogP contribution is 2.37. The molecule has 106 valence electrons. The summed E-state index contributed by atoms with van der Waals surface area (Å²) in [6.07, 6.45) is 3.82. The molecule has 1 aromatic carbocycles. The molecule has 1 fully saturated rings. The van der Waals surface area contributed by atoms with E-state index in [0.717, 1.165) is 11.4 Å². The van der Waals surface area contributed by atoms with Crippen LogP contribution in [0.3, 0.4) is 0 Å². The molecule has 2 N–H and O–H groups in total. The molecule has 0 amide bonds. The summed E-state index contributed by atoms with van der Waals surface area (Å²) in [5.74, 6) is 2.10. The highest BCUT2D eigenvalue weighted by molar-refractivity contribution is 5.66. The number of nitrogen functional groups attached to an aromatic ring is 1. The molecule has 1 saturated carbocycles. The summed E-state index contributed by atoms with van der Waals surface area (Å²) in [6.45, 7) is 2.18. The molecule has 0 bridgehead atoms. The molecule has 1 unspecified atom stereocenters. The molecule has 6 nitrogen and oxygen atoms in total. The van der Waals surface area contributed by atoms with Crippen molar-refractivity contribution in [2.75, 3.05) is 12.8 Å². The molecule has 20 heavy (non-hydrogen) atoms. The van der Waals surface area contributed by atoms with Crippen LogP contribution in [0.4, 0.5) is 5.69 Å². The third-order valence-electron chi connectivity index (χ3n) is 4.20. The zero-order chi connectivity index (χ0) is 14.1. The van der Waals surface area contributed by atoms with Crippen LogP contribution in [-0.4, -0.2) is 27.3 Å². The number of nitrogens with two attached hydrogens (primary N) is 1. The van der Waals surface area contributed by atoms with Crippen molar-refractivity contribution in [3.8, 4) is 17.1 Å². The Hall–Kier alpha value is -2.11. The fourth-order valence-corrected chi connectivity index (χ4v) is 2.65. The summed E-state index contributed by atoms with van der Waals surface area (Å²) in [5, 5.41) is 12.1. The van der Waals surface area contributed by atoms with Crippen molar-refractivity contribution in [1.29, 1.82) is 0 Å². The molecule has 6 heteroatoms. The van der Waals surface area contributed by atoms with Crippen molar-refractivity contribution >= 4 is 5.69 Å². The SMILES string of the molecule is COc1ccc(-c2nnnn2C(C)C2CCC2)cc1N. The van der Waals surface area contributed by atoms with Gasteiger partial charge in [-0.1, -0.05) is 6.42 Å². The lowest BCUT2D eigenvalue weighted by molar-refractivity contribution is 0.210. The Morgan fingerprint density at radius 1 is 1.40 bits per heavy atom. The third-order valence-corrected chi connectivity index (χ3v) is 4.20. The summed E-state index contributed by atoms with van der Waals surface area (Å²) in [4.78, 5) is 0. The van der Waals surface area contributed by atoms with E-state index in [1.54, 1.807) is 7.11 Å². The maximum atomic E-state index is 5.96. The molecule has 1 aliphatic carbocycles. The van der Waals surface area contributed by atoms with E-state index in [1.807, 2.05) is 22.9 Å². The quantitative estimate of drug-likeness (QED) is 0.865. The highest BCUT2D eigenvalue weighted by Gasteiger charge is 2.28. The topological polar surface area (TPSA) is 78.9 Å². The minimum Gasteiger partial charge on any atom is -0.495 e. The summed E-state index contributed by atoms with van der Waals surface area (Å²) >= 11 is 0. The minimum atomic E-state index is 0.317. The van der Waals surface area contributed by atoms with E-state index < -0.39 is 0 Å². The number of aromatic nitrogens is 4. The monoisotopic (exact) mass is 273 g/mol. The number of hydrogen-bond donors (Lipinski definition) is 1. The molecule has 1 atom stereocenters. The molecular formula is C14H19N5O. The van der Waals surface area contributed by atoms with Gasteiger partial charge < -0.3 is 10.5 Å². The molecule has 0 aliphatic heterocycles. The summed E-state index contributed by atoms with van der Waals surface area (Å²) in [7, 11) is 1.61. The van der Waals surface area contributed by atoms with Gasteiger partial charge >= 0.3 is 0 Å². The van der Waals surface area contributed by atoms with Crippen molar-refractivity contribution in [2.24, 2.45) is 5.92 Å². The largest absolute Gasteiger partial charge is 0.495 e. The van der Waals surface area contributed by atoms with Gasteiger partial charge in [0.25, 0.3) is 0 Å². The number of hydrogen-bond acceptors (Lipinski definition) is 5. The number of benzene rings is 1. The maximum absolute atomic E-state index is 5.96. The molecular weight excluding hydrogens is 254 g/mol. The van der Waals surface area contributed by atoms with E-state index in [1.165, 1.54) is 19.3 Å². The van der Waals surface area contributed by atoms with Crippen LogP contribution in [0.15, 0.2) is 18.2 Å². The fourth-order valence-electron chi connectivity index (χ4n) is 2.65. The van der Waals surface area contributed by atoms with E-state index in [4.69, 9.17) is 10.5 Å². The van der Waals surface area contributed by atoms with E-state index >= 15 is 0 Å². The first kappa shape index (κ1) is 12.9. The van der Waals surface area contributed by atoms with E-state index in [2.05, 4.69) is 22.4 Å². The minimum absolute atomic E-state index is 0.317. The van der Waals surface area contributed by atoms with Crippen molar-refractivity contribution in [3.05, 3.63) is 18.2 Å². The lowest BCUT2D eigenvalue weighted by atomic mass is 9.80. The van der Waals surface area contributed by atoms with Gasteiger partial charge in [-0.3, -0.25) is 0 Å². The number of methoxy groups -OCH3 is 1. The van der Waals surface area contributed by atoms with Gasteiger partial charge in [-0.2, -0.15) is 0 Å². The van der Waals surface area contributed by atoms with Crippen molar-refractivity contribution in [1.82, 2.24) is 20.2 Å². The van der Waals surface area contributed by atoms with Crippen LogP contribution in [0.5, 0.6) is 5.75 Å². The number of anilines is 1. The summed E-state index contributed by atoms with van der Waals surface area (Å²) in [6, 6.07) is 5.95. The number of ether oxygens (including phenoxy) is 1. The summed E-state index contributed by atoms with van der Waals surface area (Å²) < 4.78 is 7.08. The molecule has 1 heterocycles. The maximum Gasteiger partial charge on any atom is 0.182 e. The van der Waals surface area contributed by atoms with E-state index in [-0.39, 0.29) is 0 Å².